The molecule has 0 saturated carbocycles. The fourth-order valence-electron chi connectivity index (χ4n) is 4.61. The quantitative estimate of drug-likeness (QED) is 0.349. The molecule has 0 spiro atoms. The van der Waals surface area contributed by atoms with E-state index in [1.165, 1.54) is 12.1 Å². The number of carbonyl (C=O) groups excluding carboxylic acids is 2. The summed E-state index contributed by atoms with van der Waals surface area (Å²) >= 11 is 6.09. The van der Waals surface area contributed by atoms with Gasteiger partial charge in [-0.05, 0) is 61.0 Å². The lowest BCUT2D eigenvalue weighted by molar-refractivity contribution is 0.0671. The maximum Gasteiger partial charge on any atom is 0.321 e. The fraction of sp³-hybridized carbons (Fsp3) is 0.172. The molecule has 1 aliphatic rings. The number of carbonyl (C=O) groups is 2. The van der Waals surface area contributed by atoms with Gasteiger partial charge in [-0.3, -0.25) is 4.79 Å². The number of rotatable bonds is 4. The SMILES string of the molecule is Cc1c(C(=O)N2CCN(C(=O)Nc3ccccc3)CC2)cc(-c2ccc(Cl)cc2)n1-c1cccc(F)c1. The highest BCUT2D eigenvalue weighted by molar-refractivity contribution is 6.30. The zero-order valence-electron chi connectivity index (χ0n) is 20.3. The zero-order valence-corrected chi connectivity index (χ0v) is 21.1. The van der Waals surface area contributed by atoms with E-state index in [2.05, 4.69) is 5.32 Å². The minimum absolute atomic E-state index is 0.119. The van der Waals surface area contributed by atoms with Gasteiger partial charge in [-0.2, -0.15) is 0 Å². The van der Waals surface area contributed by atoms with Gasteiger partial charge >= 0.3 is 6.03 Å². The van der Waals surface area contributed by atoms with Crippen LogP contribution in [0, 0.1) is 12.7 Å². The van der Waals surface area contributed by atoms with Crippen molar-refractivity contribution in [2.24, 2.45) is 0 Å². The molecule has 5 rings (SSSR count). The third-order valence-electron chi connectivity index (χ3n) is 6.56. The molecule has 0 unspecified atom stereocenters. The largest absolute Gasteiger partial charge is 0.335 e. The Morgan fingerprint density at radius 2 is 1.51 bits per heavy atom. The molecule has 0 bridgehead atoms. The summed E-state index contributed by atoms with van der Waals surface area (Å²) < 4.78 is 16.0. The maximum absolute atomic E-state index is 14.1. The summed E-state index contributed by atoms with van der Waals surface area (Å²) in [4.78, 5) is 29.8. The van der Waals surface area contributed by atoms with Crippen LogP contribution in [0.5, 0.6) is 0 Å². The van der Waals surface area contributed by atoms with E-state index >= 15 is 0 Å². The van der Waals surface area contributed by atoms with E-state index in [1.807, 2.05) is 66.1 Å². The van der Waals surface area contributed by atoms with E-state index in [0.717, 1.165) is 16.9 Å². The van der Waals surface area contributed by atoms with Gasteiger partial charge in [-0.1, -0.05) is 48.0 Å². The second-order valence-corrected chi connectivity index (χ2v) is 9.36. The van der Waals surface area contributed by atoms with Crippen LogP contribution in [0.2, 0.25) is 5.02 Å². The maximum atomic E-state index is 14.1. The van der Waals surface area contributed by atoms with Gasteiger partial charge in [0.05, 0.1) is 11.3 Å². The molecule has 188 valence electrons. The molecular weight excluding hydrogens is 491 g/mol. The van der Waals surface area contributed by atoms with Crippen molar-refractivity contribution in [2.45, 2.75) is 6.92 Å². The van der Waals surface area contributed by atoms with E-state index in [9.17, 15) is 14.0 Å². The molecular formula is C29H26ClFN4O2. The number of nitrogens with zero attached hydrogens (tertiary/aromatic N) is 3. The highest BCUT2D eigenvalue weighted by atomic mass is 35.5. The van der Waals surface area contributed by atoms with Crippen LogP contribution in [0.4, 0.5) is 14.9 Å². The van der Waals surface area contributed by atoms with E-state index in [-0.39, 0.29) is 17.8 Å². The first kappa shape index (κ1) is 24.6. The number of nitrogens with one attached hydrogen (secondary N) is 1. The van der Waals surface area contributed by atoms with Crippen LogP contribution >= 0.6 is 11.6 Å². The summed E-state index contributed by atoms with van der Waals surface area (Å²) in [5.74, 6) is -0.476. The van der Waals surface area contributed by atoms with E-state index in [1.54, 1.807) is 28.0 Å². The van der Waals surface area contributed by atoms with Crippen LogP contribution in [-0.4, -0.2) is 52.5 Å². The van der Waals surface area contributed by atoms with E-state index < -0.39 is 0 Å². The molecule has 6 nitrogen and oxygen atoms in total. The van der Waals surface area contributed by atoms with Crippen LogP contribution in [0.15, 0.2) is 84.9 Å². The predicted octanol–water partition coefficient (Wildman–Crippen LogP) is 6.24. The highest BCUT2D eigenvalue weighted by Gasteiger charge is 2.28. The first-order valence-electron chi connectivity index (χ1n) is 12.0. The first-order chi connectivity index (χ1) is 17.9. The lowest BCUT2D eigenvalue weighted by atomic mass is 10.1. The third kappa shape index (κ3) is 5.22. The normalized spacial score (nSPS) is 13.5. The molecule has 8 heteroatoms. The number of piperazine rings is 1. The molecule has 1 saturated heterocycles. The van der Waals surface area contributed by atoms with Gasteiger partial charge in [-0.15, -0.1) is 0 Å². The summed E-state index contributed by atoms with van der Waals surface area (Å²) in [6, 6.07) is 24.6. The number of para-hydroxylation sites is 1. The van der Waals surface area contributed by atoms with Crippen molar-refractivity contribution in [2.75, 3.05) is 31.5 Å². The van der Waals surface area contributed by atoms with Gasteiger partial charge in [0.25, 0.3) is 5.91 Å². The average molecular weight is 517 g/mol. The van der Waals surface area contributed by atoms with Crippen LogP contribution in [0.25, 0.3) is 16.9 Å². The molecule has 1 aliphatic heterocycles. The van der Waals surface area contributed by atoms with Crippen LogP contribution in [-0.2, 0) is 0 Å². The van der Waals surface area contributed by atoms with Crippen LogP contribution in [0.1, 0.15) is 16.1 Å². The Bertz CT molecular complexity index is 1430. The van der Waals surface area contributed by atoms with Crippen LogP contribution < -0.4 is 5.32 Å². The number of hydrogen-bond donors (Lipinski definition) is 1. The molecule has 1 aromatic heterocycles. The summed E-state index contributed by atoms with van der Waals surface area (Å²) in [6.45, 7) is 3.56. The predicted molar refractivity (Wildman–Crippen MR) is 144 cm³/mol. The number of urea groups is 1. The topological polar surface area (TPSA) is 57.6 Å². The van der Waals surface area contributed by atoms with Crippen molar-refractivity contribution in [1.29, 1.82) is 0 Å². The minimum atomic E-state index is -0.356. The minimum Gasteiger partial charge on any atom is -0.335 e. The summed E-state index contributed by atoms with van der Waals surface area (Å²) in [5.41, 5.74) is 4.24. The summed E-state index contributed by atoms with van der Waals surface area (Å²) in [6.07, 6.45) is 0. The van der Waals surface area contributed by atoms with Crippen molar-refractivity contribution < 1.29 is 14.0 Å². The molecule has 3 amide bonds. The Morgan fingerprint density at radius 1 is 0.838 bits per heavy atom. The Kier molecular flexibility index (Phi) is 6.97. The van der Waals surface area contributed by atoms with Crippen molar-refractivity contribution >= 4 is 29.2 Å². The van der Waals surface area contributed by atoms with E-state index in [0.29, 0.717) is 48.1 Å². The Morgan fingerprint density at radius 3 is 2.19 bits per heavy atom. The standard InChI is InChI=1S/C29H26ClFN4O2/c1-20-26(28(36)33-14-16-34(17-15-33)29(37)32-24-7-3-2-4-8-24)19-27(21-10-12-22(30)13-11-21)35(20)25-9-5-6-23(31)18-25/h2-13,18-19H,14-17H2,1H3,(H,32,37). The first-order valence-corrected chi connectivity index (χ1v) is 12.4. The molecule has 0 atom stereocenters. The van der Waals surface area contributed by atoms with Crippen molar-refractivity contribution in [3.05, 3.63) is 107 Å². The van der Waals surface area contributed by atoms with Gasteiger partial charge in [0.15, 0.2) is 0 Å². The molecule has 1 N–H and O–H groups in total. The van der Waals surface area contributed by atoms with Crippen molar-refractivity contribution in [3.8, 4) is 16.9 Å². The number of halogens is 2. The molecule has 0 aliphatic carbocycles. The molecule has 37 heavy (non-hydrogen) atoms. The number of aromatic nitrogens is 1. The van der Waals surface area contributed by atoms with Gasteiger partial charge in [0, 0.05) is 48.3 Å². The number of anilines is 1. The molecule has 2 heterocycles. The number of amides is 3. The zero-order chi connectivity index (χ0) is 25.9. The number of hydrogen-bond acceptors (Lipinski definition) is 2. The average Bonchev–Trinajstić information content (AvgIpc) is 3.26. The summed E-state index contributed by atoms with van der Waals surface area (Å²) in [7, 11) is 0. The van der Waals surface area contributed by atoms with Crippen LogP contribution in [0.3, 0.4) is 0 Å². The van der Waals surface area contributed by atoms with Gasteiger partial charge in [-0.25, -0.2) is 9.18 Å². The lowest BCUT2D eigenvalue weighted by Crippen LogP contribution is -2.51. The molecule has 0 radical (unpaired) electrons. The summed E-state index contributed by atoms with van der Waals surface area (Å²) in [5, 5.41) is 3.50. The highest BCUT2D eigenvalue weighted by Crippen LogP contribution is 2.31. The fourth-order valence-corrected chi connectivity index (χ4v) is 4.74. The van der Waals surface area contributed by atoms with Gasteiger partial charge in [0.1, 0.15) is 5.82 Å². The Labute approximate surface area is 219 Å². The molecule has 3 aromatic carbocycles. The van der Waals surface area contributed by atoms with E-state index in [4.69, 9.17) is 11.6 Å². The smallest absolute Gasteiger partial charge is 0.321 e. The Hall–Kier alpha value is -4.10. The second kappa shape index (κ2) is 10.5. The van der Waals surface area contributed by atoms with Gasteiger partial charge in [0.2, 0.25) is 0 Å². The Balaban J connectivity index is 1.38. The van der Waals surface area contributed by atoms with Crippen molar-refractivity contribution in [1.82, 2.24) is 14.4 Å². The monoisotopic (exact) mass is 516 g/mol. The third-order valence-corrected chi connectivity index (χ3v) is 6.82. The molecule has 1 fully saturated rings. The lowest BCUT2D eigenvalue weighted by Gasteiger charge is -2.34. The second-order valence-electron chi connectivity index (χ2n) is 8.93. The molecule has 4 aromatic rings. The van der Waals surface area contributed by atoms with Crippen molar-refractivity contribution in [3.63, 3.8) is 0 Å². The van der Waals surface area contributed by atoms with Gasteiger partial charge < -0.3 is 19.7 Å². The number of benzene rings is 3.